The first-order valence-corrected chi connectivity index (χ1v) is 12.6. The third kappa shape index (κ3) is 5.60. The highest BCUT2D eigenvalue weighted by Gasteiger charge is 2.26. The molecule has 2 aromatic rings. The van der Waals surface area contributed by atoms with Crippen LogP contribution in [-0.4, -0.2) is 57.4 Å². The smallest absolute Gasteiger partial charge is 0.348 e. The summed E-state index contributed by atoms with van der Waals surface area (Å²) in [5, 5.41) is 0. The van der Waals surface area contributed by atoms with Crippen molar-refractivity contribution in [1.29, 1.82) is 0 Å². The minimum atomic E-state index is -3.62. The van der Waals surface area contributed by atoms with Gasteiger partial charge in [-0.3, -0.25) is 4.79 Å². The Morgan fingerprint density at radius 1 is 1.13 bits per heavy atom. The van der Waals surface area contributed by atoms with Crippen LogP contribution in [0.25, 0.3) is 0 Å². The van der Waals surface area contributed by atoms with Gasteiger partial charge in [-0.2, -0.15) is 4.31 Å². The molecule has 0 spiro atoms. The Labute approximate surface area is 187 Å². The lowest BCUT2D eigenvalue weighted by molar-refractivity contribution is 0.0479. The molecule has 1 aliphatic heterocycles. The van der Waals surface area contributed by atoms with Gasteiger partial charge in [0.25, 0.3) is 0 Å². The van der Waals surface area contributed by atoms with Crippen LogP contribution in [0.1, 0.15) is 50.7 Å². The van der Waals surface area contributed by atoms with Gasteiger partial charge in [0.1, 0.15) is 4.88 Å². The average Bonchev–Trinajstić information content (AvgIpc) is 3.21. The van der Waals surface area contributed by atoms with Crippen LogP contribution >= 0.6 is 11.3 Å². The fourth-order valence-electron chi connectivity index (χ4n) is 3.34. The number of ketones is 1. The Bertz CT molecular complexity index is 1020. The molecule has 0 radical (unpaired) electrons. The second-order valence-corrected chi connectivity index (χ2v) is 10.3. The van der Waals surface area contributed by atoms with Gasteiger partial charge in [-0.25, -0.2) is 13.2 Å². The van der Waals surface area contributed by atoms with E-state index in [1.54, 1.807) is 0 Å². The quantitative estimate of drug-likeness (QED) is 0.417. The van der Waals surface area contributed by atoms with Gasteiger partial charge >= 0.3 is 5.97 Å². The number of hydrogen-bond donors (Lipinski definition) is 0. The molecular weight excluding hydrogens is 438 g/mol. The number of aryl methyl sites for hydroxylation is 2. The summed E-state index contributed by atoms with van der Waals surface area (Å²) in [7, 11) is -3.62. The summed E-state index contributed by atoms with van der Waals surface area (Å²) in [6, 6.07) is 7.55. The van der Waals surface area contributed by atoms with Gasteiger partial charge in [0.05, 0.1) is 18.1 Å². The molecule has 0 amide bonds. The number of hydrogen-bond acceptors (Lipinski definition) is 7. The lowest BCUT2D eigenvalue weighted by atomic mass is 10.1. The molecule has 0 N–H and O–H groups in total. The molecule has 1 aromatic heterocycles. The van der Waals surface area contributed by atoms with Gasteiger partial charge in [0, 0.05) is 23.5 Å². The van der Waals surface area contributed by atoms with Crippen LogP contribution in [0.4, 0.5) is 0 Å². The van der Waals surface area contributed by atoms with Crippen molar-refractivity contribution in [2.24, 2.45) is 0 Å². The van der Waals surface area contributed by atoms with Crippen LogP contribution in [0.2, 0.25) is 0 Å². The third-order valence-electron chi connectivity index (χ3n) is 5.07. The number of rotatable bonds is 9. The molecule has 0 unspecified atom stereocenters. The molecule has 0 saturated carbocycles. The predicted octanol–water partition coefficient (Wildman–Crippen LogP) is 3.32. The number of carbonyl (C=O) groups excluding carboxylic acids is 2. The number of benzene rings is 1. The van der Waals surface area contributed by atoms with Crippen LogP contribution in [0.5, 0.6) is 0 Å². The molecule has 1 saturated heterocycles. The molecule has 9 heteroatoms. The maximum Gasteiger partial charge on any atom is 0.348 e. The maximum atomic E-state index is 12.7. The number of sulfonamides is 1. The maximum absolute atomic E-state index is 12.7. The summed E-state index contributed by atoms with van der Waals surface area (Å²) in [4.78, 5) is 26.6. The van der Waals surface area contributed by atoms with Gasteiger partial charge in [0.2, 0.25) is 10.0 Å². The molecule has 0 bridgehead atoms. The number of carbonyl (C=O) groups is 2. The standard InChI is InChI=1S/C22H27NO6S2/c1-3-5-20-16(4-2)14-21(30-20)22(25)29-15-19(24)17-6-8-18(9-7-17)31(26,27)23-10-12-28-13-11-23/h6-9,14H,3-5,10-13,15H2,1-2H3. The first-order valence-electron chi connectivity index (χ1n) is 10.4. The van der Waals surface area contributed by atoms with Gasteiger partial charge in [-0.15, -0.1) is 11.3 Å². The van der Waals surface area contributed by atoms with E-state index >= 15 is 0 Å². The van der Waals surface area contributed by atoms with Crippen molar-refractivity contribution >= 4 is 33.1 Å². The minimum Gasteiger partial charge on any atom is -0.453 e. The van der Waals surface area contributed by atoms with Gasteiger partial charge in [-0.05, 0) is 48.7 Å². The summed E-state index contributed by atoms with van der Waals surface area (Å²) in [5.74, 6) is -0.897. The van der Waals surface area contributed by atoms with Crippen molar-refractivity contribution in [3.05, 3.63) is 51.2 Å². The van der Waals surface area contributed by atoms with Crippen LogP contribution in [0.3, 0.4) is 0 Å². The fourth-order valence-corrected chi connectivity index (χ4v) is 6.00. The van der Waals surface area contributed by atoms with Crippen LogP contribution in [0, 0.1) is 0 Å². The van der Waals surface area contributed by atoms with Crippen molar-refractivity contribution in [3.63, 3.8) is 0 Å². The number of Topliss-reactive ketones (excluding diaryl/α,β-unsaturated/α-hetero) is 1. The first kappa shape index (κ1) is 23.6. The number of nitrogens with zero attached hydrogens (tertiary/aromatic N) is 1. The minimum absolute atomic E-state index is 0.122. The monoisotopic (exact) mass is 465 g/mol. The third-order valence-corrected chi connectivity index (χ3v) is 8.20. The van der Waals surface area contributed by atoms with Crippen molar-refractivity contribution in [3.8, 4) is 0 Å². The van der Waals surface area contributed by atoms with Gasteiger partial charge in [0.15, 0.2) is 12.4 Å². The number of thiophene rings is 1. The molecular formula is C22H27NO6S2. The lowest BCUT2D eigenvalue weighted by Gasteiger charge is -2.26. The lowest BCUT2D eigenvalue weighted by Crippen LogP contribution is -2.40. The van der Waals surface area contributed by atoms with E-state index in [4.69, 9.17) is 9.47 Å². The van der Waals surface area contributed by atoms with E-state index in [0.29, 0.717) is 36.7 Å². The van der Waals surface area contributed by atoms with Gasteiger partial charge in [-0.1, -0.05) is 20.3 Å². The van der Waals surface area contributed by atoms with Crippen molar-refractivity contribution < 1.29 is 27.5 Å². The Balaban J connectivity index is 1.61. The molecule has 0 atom stereocenters. The van der Waals surface area contributed by atoms with E-state index in [2.05, 4.69) is 6.92 Å². The van der Waals surface area contributed by atoms with Crippen molar-refractivity contribution in [2.45, 2.75) is 38.0 Å². The van der Waals surface area contributed by atoms with Crippen LogP contribution < -0.4 is 0 Å². The molecule has 0 aliphatic carbocycles. The van der Waals surface area contributed by atoms with E-state index in [1.165, 1.54) is 44.8 Å². The fraction of sp³-hybridized carbons (Fsp3) is 0.455. The Morgan fingerprint density at radius 3 is 2.42 bits per heavy atom. The zero-order valence-corrected chi connectivity index (χ0v) is 19.4. The van der Waals surface area contributed by atoms with E-state index in [-0.39, 0.29) is 10.7 Å². The predicted molar refractivity (Wildman–Crippen MR) is 118 cm³/mol. The average molecular weight is 466 g/mol. The Kier molecular flexibility index (Phi) is 7.99. The SMILES string of the molecule is CCCc1sc(C(=O)OCC(=O)c2ccc(S(=O)(=O)N3CCOCC3)cc2)cc1CC. The molecule has 1 aromatic carbocycles. The second-order valence-electron chi connectivity index (χ2n) is 7.20. The zero-order chi connectivity index (χ0) is 22.4. The van der Waals surface area contributed by atoms with Crippen molar-refractivity contribution in [1.82, 2.24) is 4.31 Å². The second kappa shape index (κ2) is 10.5. The summed E-state index contributed by atoms with van der Waals surface area (Å²) in [6.45, 7) is 5.09. The molecule has 1 aliphatic rings. The first-order chi connectivity index (χ1) is 14.9. The Morgan fingerprint density at radius 2 is 1.81 bits per heavy atom. The largest absolute Gasteiger partial charge is 0.453 e. The number of ether oxygens (including phenoxy) is 2. The molecule has 168 valence electrons. The summed E-state index contributed by atoms with van der Waals surface area (Å²) < 4.78 is 37.1. The van der Waals surface area contributed by atoms with E-state index in [0.717, 1.165) is 24.8 Å². The number of esters is 1. The highest BCUT2D eigenvalue weighted by Crippen LogP contribution is 2.25. The highest BCUT2D eigenvalue weighted by molar-refractivity contribution is 7.89. The molecule has 31 heavy (non-hydrogen) atoms. The normalized spacial score (nSPS) is 15.0. The summed E-state index contributed by atoms with van der Waals surface area (Å²) in [5.41, 5.74) is 1.43. The molecule has 2 heterocycles. The van der Waals surface area contributed by atoms with Crippen LogP contribution in [-0.2, 0) is 32.3 Å². The number of morpholine rings is 1. The topological polar surface area (TPSA) is 90.0 Å². The molecule has 1 fully saturated rings. The van der Waals surface area contributed by atoms with E-state index in [1.807, 2.05) is 13.0 Å². The summed E-state index contributed by atoms with van der Waals surface area (Å²) in [6.07, 6.45) is 2.76. The van der Waals surface area contributed by atoms with Crippen LogP contribution in [0.15, 0.2) is 35.2 Å². The van der Waals surface area contributed by atoms with E-state index in [9.17, 15) is 18.0 Å². The highest BCUT2D eigenvalue weighted by atomic mass is 32.2. The van der Waals surface area contributed by atoms with Gasteiger partial charge < -0.3 is 9.47 Å². The Hall–Kier alpha value is -2.07. The zero-order valence-electron chi connectivity index (χ0n) is 17.8. The summed E-state index contributed by atoms with van der Waals surface area (Å²) >= 11 is 1.42. The van der Waals surface area contributed by atoms with E-state index < -0.39 is 22.6 Å². The molecule has 3 rings (SSSR count). The molecule has 7 nitrogen and oxygen atoms in total. The van der Waals surface area contributed by atoms with Crippen molar-refractivity contribution in [2.75, 3.05) is 32.9 Å².